The Hall–Kier alpha value is -1.48. The van der Waals surface area contributed by atoms with Gasteiger partial charge in [0.05, 0.1) is 25.8 Å². The van der Waals surface area contributed by atoms with Crippen LogP contribution in [-0.2, 0) is 0 Å². The van der Waals surface area contributed by atoms with E-state index >= 15 is 0 Å². The molecule has 3 nitrogen and oxygen atoms in total. The monoisotopic (exact) mass is 207 g/mol. The first-order valence-electron chi connectivity index (χ1n) is 4.73. The molecule has 1 unspecified atom stereocenters. The zero-order valence-corrected chi connectivity index (χ0v) is 9.41. The molecule has 0 spiro atoms. The van der Waals surface area contributed by atoms with Crippen molar-refractivity contribution >= 4 is 0 Å². The molecule has 1 aromatic carbocycles. The minimum Gasteiger partial charge on any atom is -0.496 e. The van der Waals surface area contributed by atoms with Gasteiger partial charge >= 0.3 is 0 Å². The van der Waals surface area contributed by atoms with Crippen molar-refractivity contribution in [1.29, 1.82) is 0 Å². The quantitative estimate of drug-likeness (QED) is 0.770. The van der Waals surface area contributed by atoms with Crippen molar-refractivity contribution in [2.24, 2.45) is 5.73 Å². The third-order valence-electron chi connectivity index (χ3n) is 2.31. The first-order valence-corrected chi connectivity index (χ1v) is 4.73. The summed E-state index contributed by atoms with van der Waals surface area (Å²) in [5, 5.41) is 0. The van der Waals surface area contributed by atoms with Gasteiger partial charge in [-0.25, -0.2) is 0 Å². The first-order chi connectivity index (χ1) is 7.11. The predicted molar refractivity (Wildman–Crippen MR) is 61.3 cm³/mol. The summed E-state index contributed by atoms with van der Waals surface area (Å²) in [6.45, 7) is 5.73. The lowest BCUT2D eigenvalue weighted by molar-refractivity contribution is 0.382. The van der Waals surface area contributed by atoms with Crippen molar-refractivity contribution in [2.45, 2.75) is 13.0 Å². The molecule has 0 aromatic heterocycles. The minimum absolute atomic E-state index is 0.268. The molecule has 0 radical (unpaired) electrons. The molecule has 1 aromatic rings. The molecule has 0 aliphatic heterocycles. The molecule has 1 atom stereocenters. The Balaban J connectivity index is 3.27. The zero-order valence-electron chi connectivity index (χ0n) is 9.41. The second-order valence-corrected chi connectivity index (χ2v) is 3.40. The van der Waals surface area contributed by atoms with Crippen LogP contribution in [0.1, 0.15) is 18.5 Å². The molecule has 1 rings (SSSR count). The van der Waals surface area contributed by atoms with Crippen LogP contribution < -0.4 is 15.2 Å². The Morgan fingerprint density at radius 1 is 1.27 bits per heavy atom. The highest BCUT2D eigenvalue weighted by Crippen LogP contribution is 2.35. The van der Waals surface area contributed by atoms with Crippen LogP contribution in [0, 0.1) is 0 Å². The van der Waals surface area contributed by atoms with Crippen LogP contribution in [0.15, 0.2) is 30.4 Å². The maximum Gasteiger partial charge on any atom is 0.127 e. The van der Waals surface area contributed by atoms with Crippen molar-refractivity contribution in [3.05, 3.63) is 35.9 Å². The highest BCUT2D eigenvalue weighted by molar-refractivity contribution is 5.49. The van der Waals surface area contributed by atoms with Crippen LogP contribution in [0.25, 0.3) is 0 Å². The molecule has 0 heterocycles. The van der Waals surface area contributed by atoms with Gasteiger partial charge in [-0.3, -0.25) is 0 Å². The van der Waals surface area contributed by atoms with Gasteiger partial charge in [-0.15, -0.1) is 0 Å². The molecule has 0 saturated heterocycles. The van der Waals surface area contributed by atoms with E-state index in [1.54, 1.807) is 14.2 Å². The van der Waals surface area contributed by atoms with Crippen molar-refractivity contribution in [2.75, 3.05) is 14.2 Å². The average Bonchev–Trinajstić information content (AvgIpc) is 2.26. The lowest BCUT2D eigenvalue weighted by Crippen LogP contribution is -2.13. The van der Waals surface area contributed by atoms with E-state index < -0.39 is 0 Å². The first kappa shape index (κ1) is 11.6. The fraction of sp³-hybridized carbons (Fsp3) is 0.333. The summed E-state index contributed by atoms with van der Waals surface area (Å²) in [6, 6.07) is 5.32. The van der Waals surface area contributed by atoms with Crippen molar-refractivity contribution in [3.8, 4) is 11.5 Å². The van der Waals surface area contributed by atoms with Gasteiger partial charge in [-0.1, -0.05) is 18.2 Å². The Bertz CT molecular complexity index is 338. The van der Waals surface area contributed by atoms with Crippen LogP contribution in [0.3, 0.4) is 0 Å². The number of rotatable bonds is 4. The fourth-order valence-electron chi connectivity index (χ4n) is 1.43. The number of ether oxygens (including phenoxy) is 2. The van der Waals surface area contributed by atoms with Gasteiger partial charge in [-0.2, -0.15) is 0 Å². The summed E-state index contributed by atoms with van der Waals surface area (Å²) in [4.78, 5) is 0. The van der Waals surface area contributed by atoms with Crippen LogP contribution in [0.2, 0.25) is 0 Å². The Kier molecular flexibility index (Phi) is 3.74. The lowest BCUT2D eigenvalue weighted by atomic mass is 10.00. The molecular formula is C12H17NO2. The van der Waals surface area contributed by atoms with Crippen molar-refractivity contribution < 1.29 is 9.47 Å². The van der Waals surface area contributed by atoms with E-state index in [2.05, 4.69) is 6.58 Å². The number of methoxy groups -OCH3 is 2. The van der Waals surface area contributed by atoms with E-state index in [4.69, 9.17) is 15.2 Å². The van der Waals surface area contributed by atoms with Gasteiger partial charge in [0, 0.05) is 0 Å². The predicted octanol–water partition coefficient (Wildman–Crippen LogP) is 2.28. The number of hydrogen-bond acceptors (Lipinski definition) is 3. The van der Waals surface area contributed by atoms with Gasteiger partial charge in [0.15, 0.2) is 0 Å². The molecule has 2 N–H and O–H groups in total. The summed E-state index contributed by atoms with van der Waals surface area (Å²) in [5.41, 5.74) is 7.75. The average molecular weight is 207 g/mol. The Morgan fingerprint density at radius 2 is 1.73 bits per heavy atom. The number of benzene rings is 1. The van der Waals surface area contributed by atoms with Crippen LogP contribution in [0.5, 0.6) is 11.5 Å². The molecule has 0 aliphatic rings. The SMILES string of the molecule is C=C(C)C(N)c1c(OC)cccc1OC. The molecule has 0 amide bonds. The van der Waals surface area contributed by atoms with Crippen molar-refractivity contribution in [1.82, 2.24) is 0 Å². The largest absolute Gasteiger partial charge is 0.496 e. The van der Waals surface area contributed by atoms with E-state index in [1.807, 2.05) is 25.1 Å². The van der Waals surface area contributed by atoms with E-state index in [0.717, 1.165) is 22.6 Å². The number of hydrogen-bond donors (Lipinski definition) is 1. The summed E-state index contributed by atoms with van der Waals surface area (Å²) in [6.07, 6.45) is 0. The molecule has 0 bridgehead atoms. The normalized spacial score (nSPS) is 12.0. The minimum atomic E-state index is -0.268. The topological polar surface area (TPSA) is 44.5 Å². The standard InChI is InChI=1S/C12H17NO2/c1-8(2)12(13)11-9(14-3)6-5-7-10(11)15-4/h5-7,12H,1,13H2,2-4H3. The second-order valence-electron chi connectivity index (χ2n) is 3.40. The maximum atomic E-state index is 6.03. The summed E-state index contributed by atoms with van der Waals surface area (Å²) in [5.74, 6) is 1.45. The lowest BCUT2D eigenvalue weighted by Gasteiger charge is -2.18. The van der Waals surface area contributed by atoms with E-state index in [1.165, 1.54) is 0 Å². The summed E-state index contributed by atoms with van der Waals surface area (Å²) < 4.78 is 10.5. The summed E-state index contributed by atoms with van der Waals surface area (Å²) in [7, 11) is 3.23. The fourth-order valence-corrected chi connectivity index (χ4v) is 1.43. The third-order valence-corrected chi connectivity index (χ3v) is 2.31. The van der Waals surface area contributed by atoms with Crippen molar-refractivity contribution in [3.63, 3.8) is 0 Å². The van der Waals surface area contributed by atoms with Gasteiger partial charge in [0.1, 0.15) is 11.5 Å². The smallest absolute Gasteiger partial charge is 0.127 e. The number of nitrogens with two attached hydrogens (primary N) is 1. The molecular weight excluding hydrogens is 190 g/mol. The second kappa shape index (κ2) is 4.84. The molecule has 0 aliphatic carbocycles. The molecule has 0 saturated carbocycles. The summed E-state index contributed by atoms with van der Waals surface area (Å²) >= 11 is 0. The molecule has 82 valence electrons. The third kappa shape index (κ3) is 2.30. The van der Waals surface area contributed by atoms with Crippen LogP contribution in [-0.4, -0.2) is 14.2 Å². The molecule has 15 heavy (non-hydrogen) atoms. The van der Waals surface area contributed by atoms with Crippen LogP contribution in [0.4, 0.5) is 0 Å². The molecule has 0 fully saturated rings. The molecule has 3 heteroatoms. The van der Waals surface area contributed by atoms with Gasteiger partial charge in [0.25, 0.3) is 0 Å². The van der Waals surface area contributed by atoms with Gasteiger partial charge < -0.3 is 15.2 Å². The van der Waals surface area contributed by atoms with E-state index in [9.17, 15) is 0 Å². The van der Waals surface area contributed by atoms with E-state index in [-0.39, 0.29) is 6.04 Å². The van der Waals surface area contributed by atoms with Gasteiger partial charge in [-0.05, 0) is 19.1 Å². The van der Waals surface area contributed by atoms with Crippen LogP contribution >= 0.6 is 0 Å². The zero-order chi connectivity index (χ0) is 11.4. The van der Waals surface area contributed by atoms with E-state index in [0.29, 0.717) is 0 Å². The highest BCUT2D eigenvalue weighted by atomic mass is 16.5. The highest BCUT2D eigenvalue weighted by Gasteiger charge is 2.17. The van der Waals surface area contributed by atoms with Gasteiger partial charge in [0.2, 0.25) is 0 Å². The Morgan fingerprint density at radius 3 is 2.07 bits per heavy atom. The Labute approximate surface area is 90.5 Å². The maximum absolute atomic E-state index is 6.03.